The number of H-pyrrole nitrogens is 1. The van der Waals surface area contributed by atoms with Crippen LogP contribution in [0.2, 0.25) is 0 Å². The summed E-state index contributed by atoms with van der Waals surface area (Å²) in [6, 6.07) is 11.7. The molecule has 5 rings (SSSR count). The van der Waals surface area contributed by atoms with Crippen molar-refractivity contribution in [2.75, 3.05) is 25.5 Å². The zero-order valence-corrected chi connectivity index (χ0v) is 24.5. The van der Waals surface area contributed by atoms with Gasteiger partial charge < -0.3 is 20.4 Å². The van der Waals surface area contributed by atoms with Gasteiger partial charge in [0.05, 0.1) is 12.7 Å². The molecule has 1 atom stereocenters. The predicted octanol–water partition coefficient (Wildman–Crippen LogP) is 5.70. The fourth-order valence-corrected chi connectivity index (χ4v) is 5.33. The molecule has 0 aliphatic carbocycles. The van der Waals surface area contributed by atoms with Crippen LogP contribution in [0.1, 0.15) is 66.8 Å². The molecule has 2 aromatic carbocycles. The van der Waals surface area contributed by atoms with E-state index in [1.165, 1.54) is 25.3 Å². The van der Waals surface area contributed by atoms with Gasteiger partial charge in [0.2, 0.25) is 0 Å². The number of hydrogen-bond donors (Lipinski definition) is 3. The van der Waals surface area contributed by atoms with E-state index in [0.29, 0.717) is 28.1 Å². The second kappa shape index (κ2) is 12.5. The molecule has 12 heteroatoms. The summed E-state index contributed by atoms with van der Waals surface area (Å²) in [4.78, 5) is 47.0. The average molecular weight is 608 g/mol. The van der Waals surface area contributed by atoms with Crippen molar-refractivity contribution in [3.05, 3.63) is 93.8 Å². The third-order valence-electron chi connectivity index (χ3n) is 7.70. The first kappa shape index (κ1) is 30.7. The van der Waals surface area contributed by atoms with E-state index in [-0.39, 0.29) is 41.2 Å². The van der Waals surface area contributed by atoms with Crippen LogP contribution in [0.3, 0.4) is 0 Å². The number of carbonyl (C=O) groups excluding carboxylic acids is 3. The van der Waals surface area contributed by atoms with Crippen LogP contribution in [0.25, 0.3) is 11.0 Å². The second-order valence-electron chi connectivity index (χ2n) is 11.1. The summed E-state index contributed by atoms with van der Waals surface area (Å²) in [5.74, 6) is -1.22. The van der Waals surface area contributed by atoms with Gasteiger partial charge >= 0.3 is 12.1 Å². The number of aromatic nitrogens is 2. The smallest absolute Gasteiger partial charge is 0.416 e. The van der Waals surface area contributed by atoms with E-state index in [0.717, 1.165) is 25.6 Å². The average Bonchev–Trinajstić information content (AvgIpc) is 3.61. The molecule has 1 aliphatic rings. The maximum absolute atomic E-state index is 14.0. The standard InChI is InChI=1S/C32H32F3N5O4/c1-18-8-9-40(16-18)17-22-6-5-21(11-26(22)32(33,34)35)29(41)38-24-7-4-19(2)25(13-24)30(42)37-15-20-10-23-12-27(31(43)44-3)39-28(23)36-14-20/h4-7,10-14,18H,8-9,15-17H2,1-3H3,(H,36,39)(H,37,42)(H,38,41). The summed E-state index contributed by atoms with van der Waals surface area (Å²) in [6.45, 7) is 5.59. The summed E-state index contributed by atoms with van der Waals surface area (Å²) >= 11 is 0. The van der Waals surface area contributed by atoms with Gasteiger partial charge in [0, 0.05) is 48.0 Å². The van der Waals surface area contributed by atoms with E-state index >= 15 is 0 Å². The minimum absolute atomic E-state index is 0.132. The SMILES string of the molecule is COC(=O)c1cc2cc(CNC(=O)c3cc(NC(=O)c4ccc(CN5CCC(C)C5)c(C(F)(F)F)c4)ccc3C)cnc2[nH]1. The molecule has 1 unspecified atom stereocenters. The second-order valence-corrected chi connectivity index (χ2v) is 11.1. The Morgan fingerprint density at radius 1 is 1.09 bits per heavy atom. The number of alkyl halides is 3. The van der Waals surface area contributed by atoms with Gasteiger partial charge in [0.1, 0.15) is 11.3 Å². The monoisotopic (exact) mass is 607 g/mol. The van der Waals surface area contributed by atoms with Crippen LogP contribution in [0, 0.1) is 12.8 Å². The maximum Gasteiger partial charge on any atom is 0.416 e. The Hall–Kier alpha value is -4.71. The van der Waals surface area contributed by atoms with Crippen molar-refractivity contribution < 1.29 is 32.3 Å². The maximum atomic E-state index is 14.0. The molecule has 230 valence electrons. The van der Waals surface area contributed by atoms with Crippen LogP contribution in [0.4, 0.5) is 18.9 Å². The highest BCUT2D eigenvalue weighted by atomic mass is 19.4. The van der Waals surface area contributed by atoms with Gasteiger partial charge in [-0.05, 0) is 78.9 Å². The largest absolute Gasteiger partial charge is 0.464 e. The lowest BCUT2D eigenvalue weighted by atomic mass is 10.0. The topological polar surface area (TPSA) is 116 Å². The number of nitrogens with one attached hydrogen (secondary N) is 3. The van der Waals surface area contributed by atoms with E-state index in [9.17, 15) is 27.6 Å². The number of rotatable bonds is 8. The lowest BCUT2D eigenvalue weighted by Crippen LogP contribution is -2.24. The molecule has 1 aliphatic heterocycles. The number of nitrogens with zero attached hydrogens (tertiary/aromatic N) is 2. The van der Waals surface area contributed by atoms with Gasteiger partial charge in [0.25, 0.3) is 11.8 Å². The Bertz CT molecular complexity index is 1730. The Labute approximate surface area is 251 Å². The molecule has 0 spiro atoms. The minimum Gasteiger partial charge on any atom is -0.464 e. The molecule has 44 heavy (non-hydrogen) atoms. The third-order valence-corrected chi connectivity index (χ3v) is 7.70. The summed E-state index contributed by atoms with van der Waals surface area (Å²) in [5.41, 5.74) is 1.80. The number of amides is 2. The fourth-order valence-electron chi connectivity index (χ4n) is 5.33. The molecule has 2 amide bonds. The molecule has 0 saturated carbocycles. The minimum atomic E-state index is -4.61. The van der Waals surface area contributed by atoms with Crippen LogP contribution in [-0.4, -0.2) is 52.9 Å². The van der Waals surface area contributed by atoms with E-state index in [1.54, 1.807) is 37.4 Å². The number of ether oxygens (including phenoxy) is 1. The number of likely N-dealkylation sites (tertiary alicyclic amines) is 1. The molecule has 3 N–H and O–H groups in total. The first-order valence-electron chi connectivity index (χ1n) is 14.1. The molecule has 3 heterocycles. The normalized spacial score (nSPS) is 15.4. The van der Waals surface area contributed by atoms with Crippen molar-refractivity contribution in [3.8, 4) is 0 Å². The van der Waals surface area contributed by atoms with Gasteiger partial charge in [-0.15, -0.1) is 0 Å². The first-order valence-corrected chi connectivity index (χ1v) is 14.1. The zero-order valence-electron chi connectivity index (χ0n) is 24.5. The van der Waals surface area contributed by atoms with Gasteiger partial charge in [-0.2, -0.15) is 13.2 Å². The van der Waals surface area contributed by atoms with Gasteiger partial charge in [-0.3, -0.25) is 14.5 Å². The number of fused-ring (bicyclic) bond motifs is 1. The quantitative estimate of drug-likeness (QED) is 0.221. The van der Waals surface area contributed by atoms with Gasteiger partial charge in [-0.1, -0.05) is 19.1 Å². The highest BCUT2D eigenvalue weighted by molar-refractivity contribution is 6.05. The van der Waals surface area contributed by atoms with Crippen molar-refractivity contribution in [2.45, 2.75) is 39.5 Å². The number of halogens is 3. The van der Waals surface area contributed by atoms with E-state index in [2.05, 4.69) is 27.5 Å². The summed E-state index contributed by atoms with van der Waals surface area (Å²) < 4.78 is 46.6. The van der Waals surface area contributed by atoms with E-state index in [1.807, 2.05) is 4.90 Å². The lowest BCUT2D eigenvalue weighted by molar-refractivity contribution is -0.138. The Morgan fingerprint density at radius 2 is 1.89 bits per heavy atom. The Kier molecular flexibility index (Phi) is 8.73. The van der Waals surface area contributed by atoms with Crippen molar-refractivity contribution in [1.82, 2.24) is 20.2 Å². The molecule has 0 radical (unpaired) electrons. The summed E-state index contributed by atoms with van der Waals surface area (Å²) in [6.07, 6.45) is -2.11. The first-order chi connectivity index (χ1) is 20.9. The van der Waals surface area contributed by atoms with Crippen molar-refractivity contribution >= 4 is 34.5 Å². The Morgan fingerprint density at radius 3 is 2.59 bits per heavy atom. The van der Waals surface area contributed by atoms with Crippen molar-refractivity contribution in [1.29, 1.82) is 0 Å². The molecule has 2 aromatic heterocycles. The van der Waals surface area contributed by atoms with Gasteiger partial charge in [-0.25, -0.2) is 9.78 Å². The van der Waals surface area contributed by atoms with Gasteiger partial charge in [0.15, 0.2) is 0 Å². The van der Waals surface area contributed by atoms with Crippen molar-refractivity contribution in [2.24, 2.45) is 5.92 Å². The number of methoxy groups -OCH3 is 1. The van der Waals surface area contributed by atoms with Crippen LogP contribution in [0.15, 0.2) is 54.7 Å². The molecular formula is C32H32F3N5O4. The number of hydrogen-bond acceptors (Lipinski definition) is 6. The number of aromatic amines is 1. The summed E-state index contributed by atoms with van der Waals surface area (Å²) in [5, 5.41) is 6.11. The molecule has 9 nitrogen and oxygen atoms in total. The highest BCUT2D eigenvalue weighted by Crippen LogP contribution is 2.34. The zero-order chi connectivity index (χ0) is 31.6. The molecule has 4 aromatic rings. The third kappa shape index (κ3) is 6.91. The Balaban J connectivity index is 1.27. The van der Waals surface area contributed by atoms with Crippen LogP contribution < -0.4 is 10.6 Å². The van der Waals surface area contributed by atoms with Crippen LogP contribution in [-0.2, 0) is 24.0 Å². The number of carbonyl (C=O) groups is 3. The van der Waals surface area contributed by atoms with E-state index in [4.69, 9.17) is 4.74 Å². The fraction of sp³-hybridized carbons (Fsp3) is 0.312. The number of benzene rings is 2. The molecule has 1 saturated heterocycles. The highest BCUT2D eigenvalue weighted by Gasteiger charge is 2.35. The molecule has 0 bridgehead atoms. The number of pyridine rings is 1. The number of anilines is 1. The van der Waals surface area contributed by atoms with Crippen LogP contribution >= 0.6 is 0 Å². The van der Waals surface area contributed by atoms with Crippen LogP contribution in [0.5, 0.6) is 0 Å². The lowest BCUT2D eigenvalue weighted by Gasteiger charge is -2.20. The molecule has 1 fully saturated rings. The predicted molar refractivity (Wildman–Crippen MR) is 158 cm³/mol. The number of esters is 1. The molecular weight excluding hydrogens is 575 g/mol. The van der Waals surface area contributed by atoms with E-state index < -0.39 is 29.5 Å². The number of aryl methyl sites for hydroxylation is 1. The van der Waals surface area contributed by atoms with Crippen molar-refractivity contribution in [3.63, 3.8) is 0 Å². The summed E-state index contributed by atoms with van der Waals surface area (Å²) in [7, 11) is 1.28.